The first-order chi connectivity index (χ1) is 10.6. The Balaban J connectivity index is 3.00. The van der Waals surface area contributed by atoms with E-state index in [1.807, 2.05) is 0 Å². The summed E-state index contributed by atoms with van der Waals surface area (Å²) >= 11 is 0. The van der Waals surface area contributed by atoms with E-state index < -0.39 is 0 Å². The van der Waals surface area contributed by atoms with Crippen LogP contribution in [0.1, 0.15) is 124 Å². The lowest BCUT2D eigenvalue weighted by molar-refractivity contribution is 0.356. The molecule has 2 N–H and O–H groups in total. The molecule has 0 amide bonds. The predicted octanol–water partition coefficient (Wildman–Crippen LogP) is 7.23. The van der Waals surface area contributed by atoms with Gasteiger partial charge in [0.25, 0.3) is 0 Å². The number of nitrogens with two attached hydrogens (primary N) is 1. The minimum Gasteiger partial charge on any atom is -0.330 e. The van der Waals surface area contributed by atoms with Gasteiger partial charge in [0.2, 0.25) is 0 Å². The molecule has 134 valence electrons. The first-order valence-corrected chi connectivity index (χ1v) is 10.3. The topological polar surface area (TPSA) is 26.0 Å². The van der Waals surface area contributed by atoms with Crippen molar-refractivity contribution >= 4 is 0 Å². The van der Waals surface area contributed by atoms with Gasteiger partial charge in [0, 0.05) is 0 Å². The maximum absolute atomic E-state index is 5.50. The number of hydrogen-bond acceptors (Lipinski definition) is 1. The van der Waals surface area contributed by atoms with Crippen molar-refractivity contribution < 1.29 is 0 Å². The van der Waals surface area contributed by atoms with E-state index >= 15 is 0 Å². The molecular weight excluding hydrogens is 266 g/mol. The smallest absolute Gasteiger partial charge is 0.00773 e. The van der Waals surface area contributed by atoms with Gasteiger partial charge in [-0.3, -0.25) is 0 Å². The molecule has 0 saturated carbocycles. The van der Waals surface area contributed by atoms with Crippen LogP contribution in [0.15, 0.2) is 0 Å². The van der Waals surface area contributed by atoms with Gasteiger partial charge >= 0.3 is 0 Å². The third-order valence-corrected chi connectivity index (χ3v) is 4.63. The van der Waals surface area contributed by atoms with Crippen molar-refractivity contribution in [1.82, 2.24) is 0 Å². The molecule has 1 nitrogen and oxygen atoms in total. The summed E-state index contributed by atoms with van der Waals surface area (Å²) < 4.78 is 0. The van der Waals surface area contributed by atoms with Gasteiger partial charge in [0.15, 0.2) is 0 Å². The van der Waals surface area contributed by atoms with Gasteiger partial charge in [-0.15, -0.1) is 0 Å². The molecule has 0 aliphatic rings. The predicted molar refractivity (Wildman–Crippen MR) is 102 cm³/mol. The molecule has 0 unspecified atom stereocenters. The Kier molecular flexibility index (Phi) is 15.8. The Morgan fingerprint density at radius 2 is 0.727 bits per heavy atom. The van der Waals surface area contributed by atoms with Crippen LogP contribution in [0.5, 0.6) is 0 Å². The summed E-state index contributed by atoms with van der Waals surface area (Å²) in [5.74, 6) is 0. The molecule has 0 heterocycles. The highest BCUT2D eigenvalue weighted by atomic mass is 14.5. The minimum absolute atomic E-state index is 0.532. The molecule has 0 spiro atoms. The van der Waals surface area contributed by atoms with Crippen LogP contribution >= 0.6 is 0 Å². The van der Waals surface area contributed by atoms with Gasteiger partial charge in [-0.25, -0.2) is 0 Å². The van der Waals surface area contributed by atoms with E-state index in [2.05, 4.69) is 20.8 Å². The van der Waals surface area contributed by atoms with Crippen molar-refractivity contribution in [3.8, 4) is 0 Å². The average molecular weight is 312 g/mol. The van der Waals surface area contributed by atoms with E-state index in [-0.39, 0.29) is 0 Å². The molecule has 0 aromatic carbocycles. The van der Waals surface area contributed by atoms with E-state index in [4.69, 9.17) is 5.73 Å². The van der Waals surface area contributed by atoms with Crippen molar-refractivity contribution in [2.24, 2.45) is 11.1 Å². The number of hydrogen-bond donors (Lipinski definition) is 1. The average Bonchev–Trinajstić information content (AvgIpc) is 2.45. The van der Waals surface area contributed by atoms with Crippen molar-refractivity contribution in [2.75, 3.05) is 6.54 Å². The third-order valence-electron chi connectivity index (χ3n) is 4.63. The van der Waals surface area contributed by atoms with E-state index in [0.717, 1.165) is 6.54 Å². The lowest BCUT2D eigenvalue weighted by Gasteiger charge is -2.17. The van der Waals surface area contributed by atoms with Gasteiger partial charge in [-0.2, -0.15) is 0 Å². The van der Waals surface area contributed by atoms with Gasteiger partial charge in [0.05, 0.1) is 0 Å². The lowest BCUT2D eigenvalue weighted by Crippen LogP contribution is -2.03. The first-order valence-electron chi connectivity index (χ1n) is 10.3. The first kappa shape index (κ1) is 22.0. The number of rotatable bonds is 16. The van der Waals surface area contributed by atoms with E-state index in [9.17, 15) is 0 Å². The zero-order valence-corrected chi connectivity index (χ0v) is 16.1. The fourth-order valence-corrected chi connectivity index (χ4v) is 3.10. The van der Waals surface area contributed by atoms with Crippen molar-refractivity contribution in [2.45, 2.75) is 124 Å². The van der Waals surface area contributed by atoms with E-state index in [0.29, 0.717) is 5.41 Å². The van der Waals surface area contributed by atoms with Crippen LogP contribution in [0.3, 0.4) is 0 Å². The fourth-order valence-electron chi connectivity index (χ4n) is 3.10. The zero-order chi connectivity index (χ0) is 16.5. The third kappa shape index (κ3) is 20.0. The Hall–Kier alpha value is -0.0400. The monoisotopic (exact) mass is 311 g/mol. The lowest BCUT2D eigenvalue weighted by atomic mass is 9.89. The summed E-state index contributed by atoms with van der Waals surface area (Å²) in [4.78, 5) is 0. The van der Waals surface area contributed by atoms with Crippen molar-refractivity contribution in [1.29, 1.82) is 0 Å². The zero-order valence-electron chi connectivity index (χ0n) is 16.1. The molecule has 0 aliphatic carbocycles. The molecule has 0 atom stereocenters. The molecule has 0 radical (unpaired) electrons. The van der Waals surface area contributed by atoms with Crippen LogP contribution in [-0.2, 0) is 0 Å². The Morgan fingerprint density at radius 1 is 0.455 bits per heavy atom. The maximum Gasteiger partial charge on any atom is -0.00773 e. The van der Waals surface area contributed by atoms with Gasteiger partial charge in [-0.05, 0) is 24.8 Å². The highest BCUT2D eigenvalue weighted by Crippen LogP contribution is 2.22. The molecule has 0 fully saturated rings. The number of unbranched alkanes of at least 4 members (excludes halogenated alkanes) is 14. The Labute approximate surface area is 141 Å². The van der Waals surface area contributed by atoms with Gasteiger partial charge in [-0.1, -0.05) is 111 Å². The van der Waals surface area contributed by atoms with Crippen LogP contribution in [0.25, 0.3) is 0 Å². The van der Waals surface area contributed by atoms with Crippen LogP contribution in [-0.4, -0.2) is 6.54 Å². The summed E-state index contributed by atoms with van der Waals surface area (Å²) in [7, 11) is 0. The molecule has 0 rings (SSSR count). The molecule has 0 aliphatic heterocycles. The minimum atomic E-state index is 0.532. The van der Waals surface area contributed by atoms with Crippen molar-refractivity contribution in [3.63, 3.8) is 0 Å². The second-order valence-corrected chi connectivity index (χ2v) is 8.40. The molecular formula is C21H45N. The van der Waals surface area contributed by atoms with Crippen molar-refractivity contribution in [3.05, 3.63) is 0 Å². The summed E-state index contributed by atoms with van der Waals surface area (Å²) in [5, 5.41) is 0. The molecule has 0 saturated heterocycles. The van der Waals surface area contributed by atoms with E-state index in [1.165, 1.54) is 103 Å². The van der Waals surface area contributed by atoms with Crippen LogP contribution < -0.4 is 5.73 Å². The molecule has 0 aromatic rings. The molecule has 1 heteroatoms. The summed E-state index contributed by atoms with van der Waals surface area (Å²) in [6.45, 7) is 7.93. The van der Waals surface area contributed by atoms with Crippen LogP contribution in [0, 0.1) is 5.41 Å². The highest BCUT2D eigenvalue weighted by Gasteiger charge is 2.08. The van der Waals surface area contributed by atoms with Gasteiger partial charge in [0.1, 0.15) is 0 Å². The maximum atomic E-state index is 5.50. The molecule has 22 heavy (non-hydrogen) atoms. The summed E-state index contributed by atoms with van der Waals surface area (Å²) in [6.07, 6.45) is 22.8. The molecule has 0 bridgehead atoms. The molecule has 0 aromatic heterocycles. The van der Waals surface area contributed by atoms with Gasteiger partial charge < -0.3 is 5.73 Å². The summed E-state index contributed by atoms with van der Waals surface area (Å²) in [5.41, 5.74) is 6.03. The van der Waals surface area contributed by atoms with Crippen LogP contribution in [0.2, 0.25) is 0 Å². The van der Waals surface area contributed by atoms with E-state index in [1.54, 1.807) is 0 Å². The van der Waals surface area contributed by atoms with Crippen LogP contribution in [0.4, 0.5) is 0 Å². The second-order valence-electron chi connectivity index (χ2n) is 8.40. The standard InChI is InChI=1S/C21H45N/c1-21(2,3)19-17-15-13-11-9-7-5-4-6-8-10-12-14-16-18-20-22/h4-20,22H2,1-3H3. The Morgan fingerprint density at radius 3 is 1.00 bits per heavy atom. The largest absolute Gasteiger partial charge is 0.330 e. The Bertz CT molecular complexity index is 204. The highest BCUT2D eigenvalue weighted by molar-refractivity contribution is 4.61. The normalized spacial score (nSPS) is 12.0. The quantitative estimate of drug-likeness (QED) is 0.299. The summed E-state index contributed by atoms with van der Waals surface area (Å²) in [6, 6.07) is 0. The SMILES string of the molecule is CC(C)(C)CCCCCCCCCCCCCCCCCN. The fraction of sp³-hybridized carbons (Fsp3) is 1.00. The second kappa shape index (κ2) is 15.8.